The summed E-state index contributed by atoms with van der Waals surface area (Å²) in [7, 11) is -3.65. The van der Waals surface area contributed by atoms with Crippen molar-refractivity contribution >= 4 is 43.7 Å². The normalized spacial score (nSPS) is 11.8. The number of carboxylic acid groups (broad SMARTS) is 2. The van der Waals surface area contributed by atoms with Crippen molar-refractivity contribution in [3.05, 3.63) is 23.9 Å². The molecule has 1 aromatic heterocycles. The molecule has 0 saturated carbocycles. The molecule has 1 heterocycles. The maximum atomic E-state index is 12.6. The number of phosphoric ester groups is 1. The van der Waals surface area contributed by atoms with Gasteiger partial charge in [-0.3, -0.25) is 19.4 Å². The van der Waals surface area contributed by atoms with Crippen molar-refractivity contribution in [2.45, 2.75) is 32.9 Å². The van der Waals surface area contributed by atoms with Crippen molar-refractivity contribution in [1.82, 2.24) is 15.2 Å². The lowest BCUT2D eigenvalue weighted by Gasteiger charge is -2.25. The first kappa shape index (κ1) is 32.2. The number of phosphoric acid groups is 1. The minimum absolute atomic E-state index is 0.0280. The quantitative estimate of drug-likeness (QED) is 0.151. The van der Waals surface area contributed by atoms with E-state index < -0.39 is 70.2 Å². The maximum absolute atomic E-state index is 12.6. The zero-order valence-corrected chi connectivity index (χ0v) is 21.6. The van der Waals surface area contributed by atoms with E-state index in [2.05, 4.69) is 14.2 Å². The van der Waals surface area contributed by atoms with E-state index in [0.29, 0.717) is 4.90 Å². The van der Waals surface area contributed by atoms with Gasteiger partial charge >= 0.3 is 31.9 Å². The number of carboxylic acids is 2. The van der Waals surface area contributed by atoms with Crippen molar-refractivity contribution in [2.24, 2.45) is 5.92 Å². The molecule has 0 spiro atoms. The number of pyridine rings is 1. The van der Waals surface area contributed by atoms with Crippen LogP contribution in [-0.4, -0.2) is 93.0 Å². The van der Waals surface area contributed by atoms with Crippen molar-refractivity contribution in [2.75, 3.05) is 31.9 Å². The minimum atomic E-state index is -5.00. The molecule has 38 heavy (non-hydrogen) atoms. The molecular formula is C20H29N4O13P. The molecule has 0 radical (unpaired) electrons. The highest BCUT2D eigenvalue weighted by Crippen LogP contribution is 2.35. The first-order valence-corrected chi connectivity index (χ1v) is 12.3. The Bertz CT molecular complexity index is 1060. The van der Waals surface area contributed by atoms with Crippen LogP contribution in [0.1, 0.15) is 25.8 Å². The molecule has 0 bridgehead atoms. The molecule has 212 valence electrons. The fraction of sp³-hybridized carbons (Fsp3) is 0.500. The number of hydrogen-bond donors (Lipinski definition) is 5. The summed E-state index contributed by atoms with van der Waals surface area (Å²) < 4.78 is 24.7. The molecule has 1 aromatic rings. The van der Waals surface area contributed by atoms with Crippen molar-refractivity contribution < 1.29 is 62.5 Å². The number of carbonyl (C=O) groups excluding carboxylic acids is 3. The molecule has 0 aromatic carbocycles. The van der Waals surface area contributed by atoms with Gasteiger partial charge in [-0.05, 0) is 12.0 Å². The van der Waals surface area contributed by atoms with Crippen LogP contribution in [0.3, 0.4) is 0 Å². The van der Waals surface area contributed by atoms with Gasteiger partial charge in [0.05, 0.1) is 19.6 Å². The van der Waals surface area contributed by atoms with Crippen LogP contribution in [0.25, 0.3) is 0 Å². The number of ether oxygens (including phenoxy) is 2. The third-order valence-corrected chi connectivity index (χ3v) is 4.81. The SMILES string of the molecule is CC(C)COC(=O)N(C)c1ncccc1CN(CC(=O)NC(CC(=O)O)C(=O)O)C(=O)OCOP(=O)(O)O. The molecule has 0 fully saturated rings. The largest absolute Gasteiger partial charge is 0.481 e. The van der Waals surface area contributed by atoms with E-state index in [1.807, 2.05) is 19.2 Å². The van der Waals surface area contributed by atoms with E-state index in [4.69, 9.17) is 24.7 Å². The third-order valence-electron chi connectivity index (χ3n) is 4.37. The molecule has 1 rings (SSSR count). The van der Waals surface area contributed by atoms with Crippen LogP contribution < -0.4 is 10.2 Å². The Labute approximate surface area is 216 Å². The lowest BCUT2D eigenvalue weighted by molar-refractivity contribution is -0.147. The number of nitrogens with one attached hydrogen (secondary N) is 1. The second-order valence-corrected chi connectivity index (χ2v) is 9.32. The van der Waals surface area contributed by atoms with Gasteiger partial charge in [-0.15, -0.1) is 0 Å². The molecule has 0 aliphatic heterocycles. The van der Waals surface area contributed by atoms with Gasteiger partial charge in [0.1, 0.15) is 18.4 Å². The van der Waals surface area contributed by atoms with Gasteiger partial charge in [-0.25, -0.2) is 28.5 Å². The van der Waals surface area contributed by atoms with E-state index in [9.17, 15) is 28.5 Å². The van der Waals surface area contributed by atoms with Gasteiger partial charge in [0.2, 0.25) is 12.7 Å². The molecule has 17 nitrogen and oxygen atoms in total. The third kappa shape index (κ3) is 12.0. The molecular weight excluding hydrogens is 535 g/mol. The van der Waals surface area contributed by atoms with Gasteiger partial charge in [-0.1, -0.05) is 19.9 Å². The molecule has 3 amide bonds. The van der Waals surface area contributed by atoms with Gasteiger partial charge < -0.3 is 34.8 Å². The Balaban J connectivity index is 3.17. The molecule has 0 saturated heterocycles. The highest BCUT2D eigenvalue weighted by molar-refractivity contribution is 7.46. The molecule has 0 aliphatic rings. The Morgan fingerprint density at radius 3 is 2.32 bits per heavy atom. The fourth-order valence-electron chi connectivity index (χ4n) is 2.69. The molecule has 18 heteroatoms. The van der Waals surface area contributed by atoms with E-state index in [0.717, 1.165) is 4.90 Å². The van der Waals surface area contributed by atoms with Crippen LogP contribution in [0.5, 0.6) is 0 Å². The molecule has 1 unspecified atom stereocenters. The lowest BCUT2D eigenvalue weighted by Crippen LogP contribution is -2.47. The van der Waals surface area contributed by atoms with Crippen molar-refractivity contribution in [3.63, 3.8) is 0 Å². The standard InChI is InChI=1S/C20H29N4O13P/c1-12(2)10-35-19(30)23(3)17-13(5-4-6-21-17)8-24(20(31)36-11-37-38(32,33)34)9-15(25)22-14(18(28)29)7-16(26)27/h4-6,12,14H,7-11H2,1-3H3,(H,22,25)(H,26,27)(H,28,29)(H2,32,33,34). The zero-order chi connectivity index (χ0) is 29.0. The monoisotopic (exact) mass is 564 g/mol. The van der Waals surface area contributed by atoms with Crippen LogP contribution in [0.2, 0.25) is 0 Å². The van der Waals surface area contributed by atoms with Gasteiger partial charge in [0.15, 0.2) is 0 Å². The molecule has 1 atom stereocenters. The smallest absolute Gasteiger partial charge is 0.472 e. The van der Waals surface area contributed by atoms with Crippen LogP contribution in [-0.2, 0) is 39.5 Å². The Morgan fingerprint density at radius 1 is 1.11 bits per heavy atom. The van der Waals surface area contributed by atoms with E-state index in [-0.39, 0.29) is 23.9 Å². The summed E-state index contributed by atoms with van der Waals surface area (Å²) in [5.41, 5.74) is 0.192. The van der Waals surface area contributed by atoms with Crippen LogP contribution in [0, 0.1) is 5.92 Å². The Hall–Kier alpha value is -3.79. The lowest BCUT2D eigenvalue weighted by atomic mass is 10.2. The van der Waals surface area contributed by atoms with Gasteiger partial charge in [0.25, 0.3) is 0 Å². The Morgan fingerprint density at radius 2 is 1.76 bits per heavy atom. The zero-order valence-electron chi connectivity index (χ0n) is 20.7. The summed E-state index contributed by atoms with van der Waals surface area (Å²) >= 11 is 0. The number of aliphatic carboxylic acids is 2. The average Bonchev–Trinajstić information content (AvgIpc) is 2.80. The highest BCUT2D eigenvalue weighted by atomic mass is 31.2. The number of carbonyl (C=O) groups is 5. The predicted octanol–water partition coefficient (Wildman–Crippen LogP) is 0.360. The topological polar surface area (TPSA) is 242 Å². The second kappa shape index (κ2) is 14.8. The van der Waals surface area contributed by atoms with Crippen LogP contribution in [0.15, 0.2) is 18.3 Å². The highest BCUT2D eigenvalue weighted by Gasteiger charge is 2.28. The molecule has 0 aliphatic carbocycles. The average molecular weight is 564 g/mol. The number of aromatic nitrogens is 1. The number of hydrogen-bond acceptors (Lipinski definition) is 10. The predicted molar refractivity (Wildman–Crippen MR) is 126 cm³/mol. The summed E-state index contributed by atoms with van der Waals surface area (Å²) in [4.78, 5) is 83.0. The summed E-state index contributed by atoms with van der Waals surface area (Å²) in [6, 6.07) is 1.09. The number of rotatable bonds is 14. The number of nitrogens with zero attached hydrogens (tertiary/aromatic N) is 3. The van der Waals surface area contributed by atoms with Crippen molar-refractivity contribution in [3.8, 4) is 0 Å². The van der Waals surface area contributed by atoms with Crippen molar-refractivity contribution in [1.29, 1.82) is 0 Å². The second-order valence-electron chi connectivity index (χ2n) is 8.08. The Kier molecular flexibility index (Phi) is 12.6. The fourth-order valence-corrected chi connectivity index (χ4v) is 2.88. The summed E-state index contributed by atoms with van der Waals surface area (Å²) in [6.45, 7) is 1.23. The first-order valence-electron chi connectivity index (χ1n) is 10.8. The summed E-state index contributed by atoms with van der Waals surface area (Å²) in [5, 5.41) is 19.9. The van der Waals surface area contributed by atoms with E-state index in [1.165, 1.54) is 25.4 Å². The number of amides is 3. The minimum Gasteiger partial charge on any atom is -0.481 e. The van der Waals surface area contributed by atoms with E-state index >= 15 is 0 Å². The number of anilines is 1. The summed E-state index contributed by atoms with van der Waals surface area (Å²) in [6.07, 6.45) is -1.69. The maximum Gasteiger partial charge on any atom is 0.472 e. The first-order chi connectivity index (χ1) is 17.6. The van der Waals surface area contributed by atoms with Crippen LogP contribution >= 0.6 is 7.82 Å². The van der Waals surface area contributed by atoms with Gasteiger partial charge in [-0.2, -0.15) is 0 Å². The van der Waals surface area contributed by atoms with Crippen LogP contribution in [0.4, 0.5) is 15.4 Å². The molecule has 5 N–H and O–H groups in total. The van der Waals surface area contributed by atoms with E-state index in [1.54, 1.807) is 0 Å². The van der Waals surface area contributed by atoms with Gasteiger partial charge in [0, 0.05) is 18.8 Å². The summed E-state index contributed by atoms with van der Waals surface area (Å²) in [5.74, 6) is -4.16.